The molecule has 0 bridgehead atoms. The van der Waals surface area contributed by atoms with Gasteiger partial charge in [0, 0.05) is 18.1 Å². The third-order valence-electron chi connectivity index (χ3n) is 3.67. The Morgan fingerprint density at radius 3 is 2.91 bits per heavy atom. The van der Waals surface area contributed by atoms with Gasteiger partial charge in [-0.05, 0) is 12.1 Å². The van der Waals surface area contributed by atoms with E-state index in [1.165, 1.54) is 0 Å². The molecular formula is C15H15N5OS. The van der Waals surface area contributed by atoms with E-state index in [4.69, 9.17) is 4.74 Å². The number of nitrogens with zero attached hydrogens (tertiary/aromatic N) is 5. The van der Waals surface area contributed by atoms with Gasteiger partial charge in [0.15, 0.2) is 11.0 Å². The zero-order chi connectivity index (χ0) is 14.8. The Bertz CT molecular complexity index is 727. The maximum absolute atomic E-state index is 5.68. The Labute approximate surface area is 132 Å². The van der Waals surface area contributed by atoms with E-state index in [9.17, 15) is 0 Å². The molecule has 2 aromatic heterocycles. The lowest BCUT2D eigenvalue weighted by Crippen LogP contribution is -2.40. The monoisotopic (exact) mass is 313 g/mol. The van der Waals surface area contributed by atoms with Crippen LogP contribution in [0.25, 0.3) is 5.69 Å². The van der Waals surface area contributed by atoms with Crippen LogP contribution in [0.4, 0.5) is 5.13 Å². The number of rotatable bonds is 3. The number of morpholine rings is 1. The fourth-order valence-corrected chi connectivity index (χ4v) is 3.37. The summed E-state index contributed by atoms with van der Waals surface area (Å²) in [5.74, 6) is 0.876. The first-order chi connectivity index (χ1) is 10.9. The first-order valence-corrected chi connectivity index (χ1v) is 8.00. The first-order valence-electron chi connectivity index (χ1n) is 7.13. The van der Waals surface area contributed by atoms with Crippen LogP contribution in [0.3, 0.4) is 0 Å². The van der Waals surface area contributed by atoms with Crippen molar-refractivity contribution in [3.63, 3.8) is 0 Å². The summed E-state index contributed by atoms with van der Waals surface area (Å²) in [5.41, 5.74) is 1.000. The summed E-state index contributed by atoms with van der Waals surface area (Å²) in [6.45, 7) is 2.10. The standard InChI is InChI=1S/C15H15N5OS/c1-2-4-12(5-3-1)20-14(17-11-18-20)13-10-21-8-7-19(13)15-16-6-9-22-15/h1-6,9,11,13H,7-8,10H2. The lowest BCUT2D eigenvalue weighted by molar-refractivity contribution is 0.0911. The maximum atomic E-state index is 5.68. The highest BCUT2D eigenvalue weighted by Gasteiger charge is 2.30. The van der Waals surface area contributed by atoms with E-state index in [0.29, 0.717) is 13.2 Å². The molecule has 3 heterocycles. The average Bonchev–Trinajstić information content (AvgIpc) is 3.27. The quantitative estimate of drug-likeness (QED) is 0.742. The largest absolute Gasteiger partial charge is 0.377 e. The summed E-state index contributed by atoms with van der Waals surface area (Å²) < 4.78 is 7.55. The molecule has 0 amide bonds. The normalized spacial score (nSPS) is 18.5. The summed E-state index contributed by atoms with van der Waals surface area (Å²) in [7, 11) is 0. The molecule has 0 aliphatic carbocycles. The van der Waals surface area contributed by atoms with Crippen molar-refractivity contribution >= 4 is 16.5 Å². The molecule has 1 fully saturated rings. The van der Waals surface area contributed by atoms with Gasteiger partial charge >= 0.3 is 0 Å². The second-order valence-electron chi connectivity index (χ2n) is 4.96. The number of hydrogen-bond acceptors (Lipinski definition) is 6. The van der Waals surface area contributed by atoms with Crippen molar-refractivity contribution in [3.8, 4) is 5.69 Å². The van der Waals surface area contributed by atoms with Crippen molar-refractivity contribution in [2.45, 2.75) is 6.04 Å². The zero-order valence-electron chi connectivity index (χ0n) is 11.9. The predicted molar refractivity (Wildman–Crippen MR) is 84.4 cm³/mol. The number of hydrogen-bond donors (Lipinski definition) is 0. The highest BCUT2D eigenvalue weighted by atomic mass is 32.1. The summed E-state index contributed by atoms with van der Waals surface area (Å²) >= 11 is 1.63. The molecule has 0 spiro atoms. The first kappa shape index (κ1) is 13.4. The van der Waals surface area contributed by atoms with Gasteiger partial charge in [-0.1, -0.05) is 18.2 Å². The molecule has 0 saturated carbocycles. The number of thiazole rings is 1. The van der Waals surface area contributed by atoms with Gasteiger partial charge in [0.2, 0.25) is 0 Å². The zero-order valence-corrected chi connectivity index (χ0v) is 12.7. The summed E-state index contributed by atoms with van der Waals surface area (Å²) in [6, 6.07) is 10.0. The second kappa shape index (κ2) is 5.86. The molecule has 3 aromatic rings. The van der Waals surface area contributed by atoms with E-state index in [-0.39, 0.29) is 6.04 Å². The molecule has 1 aromatic carbocycles. The van der Waals surface area contributed by atoms with E-state index in [1.807, 2.05) is 46.6 Å². The molecular weight excluding hydrogens is 298 g/mol. The van der Waals surface area contributed by atoms with Crippen LogP contribution >= 0.6 is 11.3 Å². The Balaban J connectivity index is 1.73. The fraction of sp³-hybridized carbons (Fsp3) is 0.267. The molecule has 7 heteroatoms. The van der Waals surface area contributed by atoms with Crippen molar-refractivity contribution in [1.29, 1.82) is 0 Å². The molecule has 1 saturated heterocycles. The maximum Gasteiger partial charge on any atom is 0.186 e. The lowest BCUT2D eigenvalue weighted by atomic mass is 10.2. The number of para-hydroxylation sites is 1. The van der Waals surface area contributed by atoms with Crippen LogP contribution in [0.15, 0.2) is 48.2 Å². The summed E-state index contributed by atoms with van der Waals surface area (Å²) in [4.78, 5) is 11.2. The molecule has 1 unspecified atom stereocenters. The van der Waals surface area contributed by atoms with Crippen molar-refractivity contribution in [1.82, 2.24) is 19.7 Å². The Morgan fingerprint density at radius 2 is 2.09 bits per heavy atom. The van der Waals surface area contributed by atoms with Gasteiger partial charge in [0.25, 0.3) is 0 Å². The third kappa shape index (κ3) is 2.38. The molecule has 4 rings (SSSR count). The van der Waals surface area contributed by atoms with Crippen molar-refractivity contribution in [2.75, 3.05) is 24.7 Å². The third-order valence-corrected chi connectivity index (χ3v) is 4.47. The molecule has 1 atom stereocenters. The molecule has 0 radical (unpaired) electrons. The SMILES string of the molecule is c1ccc(-n2ncnc2C2COCCN2c2nccs2)cc1. The lowest BCUT2D eigenvalue weighted by Gasteiger charge is -2.34. The van der Waals surface area contributed by atoms with E-state index in [0.717, 1.165) is 23.2 Å². The average molecular weight is 313 g/mol. The minimum atomic E-state index is 0.0163. The van der Waals surface area contributed by atoms with E-state index in [2.05, 4.69) is 20.0 Å². The van der Waals surface area contributed by atoms with Gasteiger partial charge in [0.05, 0.1) is 18.9 Å². The van der Waals surface area contributed by atoms with E-state index in [1.54, 1.807) is 17.7 Å². The number of benzene rings is 1. The van der Waals surface area contributed by atoms with Crippen LogP contribution < -0.4 is 4.90 Å². The van der Waals surface area contributed by atoms with Gasteiger partial charge in [-0.2, -0.15) is 5.10 Å². The highest BCUT2D eigenvalue weighted by molar-refractivity contribution is 7.13. The van der Waals surface area contributed by atoms with Gasteiger partial charge in [-0.25, -0.2) is 14.6 Å². The molecule has 22 heavy (non-hydrogen) atoms. The second-order valence-corrected chi connectivity index (χ2v) is 5.84. The molecule has 1 aliphatic heterocycles. The van der Waals surface area contributed by atoms with Crippen LogP contribution in [0, 0.1) is 0 Å². The van der Waals surface area contributed by atoms with Gasteiger partial charge in [-0.15, -0.1) is 11.3 Å². The van der Waals surface area contributed by atoms with Crippen LogP contribution in [-0.4, -0.2) is 39.5 Å². The van der Waals surface area contributed by atoms with Crippen LogP contribution in [0.5, 0.6) is 0 Å². The minimum absolute atomic E-state index is 0.0163. The number of ether oxygens (including phenoxy) is 1. The smallest absolute Gasteiger partial charge is 0.186 e. The summed E-state index contributed by atoms with van der Waals surface area (Å²) in [5, 5.41) is 7.37. The van der Waals surface area contributed by atoms with Crippen molar-refractivity contribution < 1.29 is 4.74 Å². The Kier molecular flexibility index (Phi) is 3.57. The number of aromatic nitrogens is 4. The van der Waals surface area contributed by atoms with Gasteiger partial charge in [0.1, 0.15) is 12.4 Å². The topological polar surface area (TPSA) is 56.1 Å². The molecule has 112 valence electrons. The Hall–Kier alpha value is -2.25. The van der Waals surface area contributed by atoms with E-state index < -0.39 is 0 Å². The highest BCUT2D eigenvalue weighted by Crippen LogP contribution is 2.30. The van der Waals surface area contributed by atoms with Crippen LogP contribution in [0.2, 0.25) is 0 Å². The molecule has 6 nitrogen and oxygen atoms in total. The Morgan fingerprint density at radius 1 is 1.18 bits per heavy atom. The molecule has 0 N–H and O–H groups in total. The van der Waals surface area contributed by atoms with E-state index >= 15 is 0 Å². The molecule has 1 aliphatic rings. The van der Waals surface area contributed by atoms with Crippen molar-refractivity contribution in [2.24, 2.45) is 0 Å². The fourth-order valence-electron chi connectivity index (χ4n) is 2.65. The van der Waals surface area contributed by atoms with Gasteiger partial charge < -0.3 is 9.64 Å². The minimum Gasteiger partial charge on any atom is -0.377 e. The van der Waals surface area contributed by atoms with Gasteiger partial charge in [-0.3, -0.25) is 0 Å². The van der Waals surface area contributed by atoms with Crippen molar-refractivity contribution in [3.05, 3.63) is 54.1 Å². The van der Waals surface area contributed by atoms with Crippen LogP contribution in [-0.2, 0) is 4.74 Å². The number of anilines is 1. The van der Waals surface area contributed by atoms with Crippen LogP contribution in [0.1, 0.15) is 11.9 Å². The summed E-state index contributed by atoms with van der Waals surface area (Å²) in [6.07, 6.45) is 3.42. The predicted octanol–water partition coefficient (Wildman–Crippen LogP) is 2.30.